The molecule has 0 unspecified atom stereocenters. The van der Waals surface area contributed by atoms with E-state index >= 15 is 0 Å². The number of fused-ring (bicyclic) bond motifs is 1. The first-order valence-electron chi connectivity index (χ1n) is 8.39. The molecule has 0 radical (unpaired) electrons. The van der Waals surface area contributed by atoms with Crippen LogP contribution in [0.15, 0.2) is 18.2 Å². The van der Waals surface area contributed by atoms with Gasteiger partial charge in [0.25, 0.3) is 0 Å². The van der Waals surface area contributed by atoms with Crippen LogP contribution in [-0.4, -0.2) is 51.9 Å². The van der Waals surface area contributed by atoms with E-state index in [0.717, 1.165) is 42.2 Å². The van der Waals surface area contributed by atoms with Crippen LogP contribution in [0.3, 0.4) is 0 Å². The molecule has 11 heteroatoms. The molecule has 0 saturated carbocycles. The minimum absolute atomic E-state index is 0.432. The van der Waals surface area contributed by atoms with E-state index in [0.29, 0.717) is 10.8 Å². The van der Waals surface area contributed by atoms with Crippen LogP contribution in [-0.2, 0) is 24.3 Å². The molecule has 0 spiro atoms. The van der Waals surface area contributed by atoms with Crippen LogP contribution in [0.25, 0.3) is 0 Å². The summed E-state index contributed by atoms with van der Waals surface area (Å²) in [7, 11) is 1.63. The number of hydrogen-bond donors (Lipinski definition) is 2. The SMILES string of the molecule is COc1nc(CN2CCc3cc(C(=O)O)sc3C2)ccc1C.O=C(O)C(F)(F)F. The summed E-state index contributed by atoms with van der Waals surface area (Å²) in [6.07, 6.45) is -4.19. The Morgan fingerprint density at radius 1 is 1.31 bits per heavy atom. The Morgan fingerprint density at radius 3 is 2.52 bits per heavy atom. The summed E-state index contributed by atoms with van der Waals surface area (Å²) < 4.78 is 37.0. The predicted molar refractivity (Wildman–Crippen MR) is 98.3 cm³/mol. The van der Waals surface area contributed by atoms with Gasteiger partial charge < -0.3 is 14.9 Å². The summed E-state index contributed by atoms with van der Waals surface area (Å²) in [5, 5.41) is 16.2. The number of ether oxygens (including phenoxy) is 1. The maximum atomic E-state index is 11.1. The molecule has 2 aromatic heterocycles. The predicted octanol–water partition coefficient (Wildman–Crippen LogP) is 3.35. The van der Waals surface area contributed by atoms with Crippen LogP contribution in [0.2, 0.25) is 0 Å². The van der Waals surface area contributed by atoms with Crippen molar-refractivity contribution in [2.45, 2.75) is 32.6 Å². The van der Waals surface area contributed by atoms with Crippen molar-refractivity contribution in [1.82, 2.24) is 9.88 Å². The summed E-state index contributed by atoms with van der Waals surface area (Å²) >= 11 is 1.38. The first-order chi connectivity index (χ1) is 13.5. The van der Waals surface area contributed by atoms with Crippen molar-refractivity contribution in [2.24, 2.45) is 0 Å². The highest BCUT2D eigenvalue weighted by molar-refractivity contribution is 7.14. The van der Waals surface area contributed by atoms with Crippen molar-refractivity contribution in [1.29, 1.82) is 0 Å². The number of aromatic nitrogens is 1. The quantitative estimate of drug-likeness (QED) is 0.764. The molecule has 0 aromatic carbocycles. The topological polar surface area (TPSA) is 100.0 Å². The van der Waals surface area contributed by atoms with Crippen molar-refractivity contribution in [3.8, 4) is 5.88 Å². The van der Waals surface area contributed by atoms with Crippen molar-refractivity contribution >= 4 is 23.3 Å². The highest BCUT2D eigenvalue weighted by Crippen LogP contribution is 2.29. The number of methoxy groups -OCH3 is 1. The van der Waals surface area contributed by atoms with Gasteiger partial charge in [-0.3, -0.25) is 4.90 Å². The number of halogens is 3. The number of rotatable bonds is 4. The van der Waals surface area contributed by atoms with E-state index in [-0.39, 0.29) is 0 Å². The molecule has 0 saturated heterocycles. The molecule has 0 fully saturated rings. The monoisotopic (exact) mass is 432 g/mol. The van der Waals surface area contributed by atoms with Crippen LogP contribution >= 0.6 is 11.3 Å². The average molecular weight is 432 g/mol. The summed E-state index contributed by atoms with van der Waals surface area (Å²) in [5.41, 5.74) is 3.17. The zero-order chi connectivity index (χ0) is 21.8. The van der Waals surface area contributed by atoms with Gasteiger partial charge in [0.2, 0.25) is 5.88 Å². The molecule has 29 heavy (non-hydrogen) atoms. The van der Waals surface area contributed by atoms with Crippen molar-refractivity contribution in [2.75, 3.05) is 13.7 Å². The third kappa shape index (κ3) is 6.16. The van der Waals surface area contributed by atoms with E-state index in [1.165, 1.54) is 16.9 Å². The fourth-order valence-electron chi connectivity index (χ4n) is 2.69. The first-order valence-corrected chi connectivity index (χ1v) is 9.20. The van der Waals surface area contributed by atoms with E-state index in [1.807, 2.05) is 25.1 Å². The van der Waals surface area contributed by atoms with Crippen LogP contribution in [0.1, 0.15) is 31.4 Å². The van der Waals surface area contributed by atoms with Gasteiger partial charge in [-0.05, 0) is 31.0 Å². The van der Waals surface area contributed by atoms with Gasteiger partial charge in [-0.2, -0.15) is 13.2 Å². The lowest BCUT2D eigenvalue weighted by Gasteiger charge is -2.26. The second kappa shape index (κ2) is 9.23. The Morgan fingerprint density at radius 2 is 1.97 bits per heavy atom. The lowest BCUT2D eigenvalue weighted by atomic mass is 10.1. The zero-order valence-electron chi connectivity index (χ0n) is 15.6. The molecule has 2 aromatic rings. The molecule has 1 aliphatic heterocycles. The molecule has 3 rings (SSSR count). The van der Waals surface area contributed by atoms with Gasteiger partial charge in [-0.15, -0.1) is 11.3 Å². The highest BCUT2D eigenvalue weighted by atomic mass is 32.1. The van der Waals surface area contributed by atoms with Gasteiger partial charge in [0, 0.05) is 30.1 Å². The third-order valence-corrected chi connectivity index (χ3v) is 5.25. The van der Waals surface area contributed by atoms with E-state index < -0.39 is 18.1 Å². The molecule has 0 bridgehead atoms. The number of aryl methyl sites for hydroxylation is 1. The van der Waals surface area contributed by atoms with Gasteiger partial charge in [-0.25, -0.2) is 14.6 Å². The number of pyridine rings is 1. The number of alkyl halides is 3. The summed E-state index contributed by atoms with van der Waals surface area (Å²) in [5.74, 6) is -2.93. The van der Waals surface area contributed by atoms with Gasteiger partial charge in [0.15, 0.2) is 0 Å². The number of carbonyl (C=O) groups is 2. The first kappa shape index (κ1) is 22.6. The third-order valence-electron chi connectivity index (χ3n) is 4.10. The molecular formula is C18H19F3N2O5S. The van der Waals surface area contributed by atoms with Crippen molar-refractivity contribution in [3.63, 3.8) is 0 Å². The van der Waals surface area contributed by atoms with Crippen molar-refractivity contribution in [3.05, 3.63) is 44.8 Å². The molecule has 158 valence electrons. The summed E-state index contributed by atoms with van der Waals surface area (Å²) in [6.45, 7) is 4.42. The number of aliphatic carboxylic acids is 1. The zero-order valence-corrected chi connectivity index (χ0v) is 16.4. The van der Waals surface area contributed by atoms with E-state index in [2.05, 4.69) is 9.88 Å². The Balaban J connectivity index is 0.000000370. The molecule has 2 N–H and O–H groups in total. The van der Waals surface area contributed by atoms with Crippen LogP contribution in [0.4, 0.5) is 13.2 Å². The number of hydrogen-bond acceptors (Lipinski definition) is 6. The molecular weight excluding hydrogens is 413 g/mol. The molecule has 0 amide bonds. The number of carboxylic acids is 2. The molecule has 0 atom stereocenters. The van der Waals surface area contributed by atoms with E-state index in [4.69, 9.17) is 19.7 Å². The maximum Gasteiger partial charge on any atom is 0.490 e. The van der Waals surface area contributed by atoms with Gasteiger partial charge in [-0.1, -0.05) is 6.07 Å². The number of aromatic carboxylic acids is 1. The largest absolute Gasteiger partial charge is 0.490 e. The number of thiophene rings is 1. The van der Waals surface area contributed by atoms with E-state index in [9.17, 15) is 18.0 Å². The Hall–Kier alpha value is -2.66. The Labute approximate surface area is 168 Å². The van der Waals surface area contributed by atoms with Gasteiger partial charge in [0.1, 0.15) is 4.88 Å². The maximum absolute atomic E-state index is 11.1. The molecule has 0 aliphatic carbocycles. The summed E-state index contributed by atoms with van der Waals surface area (Å²) in [6, 6.07) is 5.85. The fraction of sp³-hybridized carbons (Fsp3) is 0.389. The second-order valence-corrected chi connectivity index (χ2v) is 7.39. The minimum atomic E-state index is -5.08. The second-order valence-electron chi connectivity index (χ2n) is 6.26. The lowest BCUT2D eigenvalue weighted by molar-refractivity contribution is -0.192. The molecule has 3 heterocycles. The van der Waals surface area contributed by atoms with E-state index in [1.54, 1.807) is 7.11 Å². The smallest absolute Gasteiger partial charge is 0.481 e. The Kier molecular flexibility index (Phi) is 7.20. The fourth-order valence-corrected chi connectivity index (χ4v) is 3.78. The standard InChI is InChI=1S/C16H18N2O3S.C2HF3O2/c1-10-3-4-12(17-15(10)21-2)8-18-6-5-11-7-13(16(19)20)22-14(11)9-18;3-2(4,5)1(6)7/h3-4,7H,5-6,8-9H2,1-2H3,(H,19,20);(H,6,7). The summed E-state index contributed by atoms with van der Waals surface area (Å²) in [4.78, 5) is 28.4. The highest BCUT2D eigenvalue weighted by Gasteiger charge is 2.38. The normalized spacial score (nSPS) is 13.8. The van der Waals surface area contributed by atoms with Gasteiger partial charge in [0.05, 0.1) is 12.8 Å². The molecule has 7 nitrogen and oxygen atoms in total. The van der Waals surface area contributed by atoms with Crippen LogP contribution in [0, 0.1) is 6.92 Å². The Bertz CT molecular complexity index is 898. The van der Waals surface area contributed by atoms with Crippen molar-refractivity contribution < 1.29 is 37.7 Å². The number of carboxylic acid groups (broad SMARTS) is 2. The van der Waals surface area contributed by atoms with Crippen LogP contribution in [0.5, 0.6) is 5.88 Å². The average Bonchev–Trinajstić information content (AvgIpc) is 3.07. The minimum Gasteiger partial charge on any atom is -0.481 e. The molecule has 1 aliphatic rings. The number of nitrogens with zero attached hydrogens (tertiary/aromatic N) is 2. The lowest BCUT2D eigenvalue weighted by Crippen LogP contribution is -2.29. The van der Waals surface area contributed by atoms with Crippen LogP contribution < -0.4 is 4.74 Å². The van der Waals surface area contributed by atoms with Gasteiger partial charge >= 0.3 is 18.1 Å².